The minimum absolute atomic E-state index is 0.0341. The normalized spacial score (nSPS) is 50.2. The Hall–Kier alpha value is 0.189. The van der Waals surface area contributed by atoms with Gasteiger partial charge in [-0.15, -0.1) is 0 Å². The Morgan fingerprint density at radius 2 is 2.00 bits per heavy atom. The Morgan fingerprint density at radius 3 is 2.25 bits per heavy atom. The number of hydrogen-bond acceptors (Lipinski definition) is 1. The van der Waals surface area contributed by atoms with Gasteiger partial charge < -0.3 is 0 Å². The molecule has 12 heavy (non-hydrogen) atoms. The van der Waals surface area contributed by atoms with E-state index in [9.17, 15) is 4.79 Å². The van der Waals surface area contributed by atoms with Crippen molar-refractivity contribution >= 4 is 21.8 Å². The third-order valence-corrected chi connectivity index (χ3v) is 5.61. The van der Waals surface area contributed by atoms with E-state index in [2.05, 4.69) is 36.8 Å². The average molecular weight is 230 g/mol. The maximum absolute atomic E-state index is 11.9. The summed E-state index contributed by atoms with van der Waals surface area (Å²) < 4.78 is 0. The number of Topliss-reactive ketones (excluding diaryl/α,β-unsaturated/α-hetero) is 1. The Kier molecular flexibility index (Phi) is 1.58. The maximum atomic E-state index is 11.9. The zero-order valence-electron chi connectivity index (χ0n) is 7.89. The Balaban J connectivity index is 2.50. The molecule has 0 N–H and O–H groups in total. The topological polar surface area (TPSA) is 17.1 Å². The second kappa shape index (κ2) is 2.16. The summed E-state index contributed by atoms with van der Waals surface area (Å²) in [6.45, 7) is 6.65. The molecule has 1 radical (unpaired) electrons. The average Bonchev–Trinajstić information content (AvgIpc) is 2.26. The fourth-order valence-electron chi connectivity index (χ4n) is 3.00. The summed E-state index contributed by atoms with van der Waals surface area (Å²) >= 11 is 3.05. The van der Waals surface area contributed by atoms with E-state index in [1.807, 2.05) is 0 Å². The van der Waals surface area contributed by atoms with E-state index in [-0.39, 0.29) is 15.6 Å². The van der Waals surface area contributed by atoms with Gasteiger partial charge >= 0.3 is 81.8 Å². The minimum atomic E-state index is -0.0341. The molecular weight excluding hydrogens is 215 g/mol. The molecule has 2 aliphatic rings. The van der Waals surface area contributed by atoms with Gasteiger partial charge in [0.25, 0.3) is 0 Å². The SMILES string of the molecule is CC12CCC(C([Se])C1=O)C2(C)C. The van der Waals surface area contributed by atoms with Gasteiger partial charge in [-0.1, -0.05) is 0 Å². The molecule has 0 aromatic heterocycles. The van der Waals surface area contributed by atoms with E-state index in [1.54, 1.807) is 0 Å². The predicted octanol–water partition coefficient (Wildman–Crippen LogP) is 1.97. The first-order valence-corrected chi connectivity index (χ1v) is 5.60. The van der Waals surface area contributed by atoms with Gasteiger partial charge in [0, 0.05) is 0 Å². The molecule has 2 rings (SSSR count). The molecule has 0 heterocycles. The molecule has 2 aliphatic carbocycles. The summed E-state index contributed by atoms with van der Waals surface area (Å²) in [5.41, 5.74) is 0.188. The van der Waals surface area contributed by atoms with Crippen LogP contribution in [-0.4, -0.2) is 21.8 Å². The summed E-state index contributed by atoms with van der Waals surface area (Å²) in [6, 6.07) is 0. The van der Waals surface area contributed by atoms with Gasteiger partial charge in [-0.25, -0.2) is 0 Å². The van der Waals surface area contributed by atoms with Gasteiger partial charge in [0.15, 0.2) is 0 Å². The Bertz CT molecular complexity index is 246. The Labute approximate surface area is 82.1 Å². The first-order chi connectivity index (χ1) is 5.41. The monoisotopic (exact) mass is 231 g/mol. The van der Waals surface area contributed by atoms with Crippen LogP contribution in [0.1, 0.15) is 33.6 Å². The van der Waals surface area contributed by atoms with Crippen molar-refractivity contribution in [3.8, 4) is 0 Å². The van der Waals surface area contributed by atoms with E-state index in [0.717, 1.165) is 6.42 Å². The van der Waals surface area contributed by atoms with E-state index in [4.69, 9.17) is 0 Å². The molecule has 3 atom stereocenters. The summed E-state index contributed by atoms with van der Waals surface area (Å²) in [6.07, 6.45) is 2.33. The van der Waals surface area contributed by atoms with Crippen LogP contribution in [0.2, 0.25) is 4.82 Å². The zero-order valence-corrected chi connectivity index (χ0v) is 9.60. The molecule has 3 unspecified atom stereocenters. The zero-order chi connectivity index (χ0) is 9.15. The van der Waals surface area contributed by atoms with Crippen LogP contribution in [0, 0.1) is 16.7 Å². The second-order valence-corrected chi connectivity index (χ2v) is 6.05. The van der Waals surface area contributed by atoms with Gasteiger partial charge in [0.05, 0.1) is 0 Å². The van der Waals surface area contributed by atoms with E-state index in [0.29, 0.717) is 11.7 Å². The fourth-order valence-corrected chi connectivity index (χ4v) is 4.55. The number of ketones is 1. The summed E-state index contributed by atoms with van der Waals surface area (Å²) in [5, 5.41) is 0. The van der Waals surface area contributed by atoms with Crippen LogP contribution in [0.3, 0.4) is 0 Å². The van der Waals surface area contributed by atoms with Gasteiger partial charge in [-0.05, 0) is 0 Å². The number of rotatable bonds is 0. The molecule has 2 heteroatoms. The third kappa shape index (κ3) is 0.695. The molecule has 0 aromatic carbocycles. The molecule has 0 spiro atoms. The number of fused-ring (bicyclic) bond motifs is 2. The number of carbonyl (C=O) groups excluding carboxylic acids is 1. The second-order valence-electron chi connectivity index (χ2n) is 4.98. The van der Waals surface area contributed by atoms with Crippen molar-refractivity contribution < 1.29 is 4.79 Å². The van der Waals surface area contributed by atoms with Crippen molar-refractivity contribution in [1.29, 1.82) is 0 Å². The quantitative estimate of drug-likeness (QED) is 0.581. The molecular formula is C10H15OSe. The fraction of sp³-hybridized carbons (Fsp3) is 0.900. The molecule has 2 fully saturated rings. The molecule has 0 aromatic rings. The van der Waals surface area contributed by atoms with Crippen molar-refractivity contribution in [2.45, 2.75) is 38.4 Å². The number of hydrogen-bond donors (Lipinski definition) is 0. The summed E-state index contributed by atoms with van der Waals surface area (Å²) in [7, 11) is 0. The van der Waals surface area contributed by atoms with Crippen LogP contribution >= 0.6 is 0 Å². The van der Waals surface area contributed by atoms with Crippen LogP contribution in [0.15, 0.2) is 0 Å². The molecule has 2 bridgehead atoms. The van der Waals surface area contributed by atoms with E-state index >= 15 is 0 Å². The molecule has 1 nitrogen and oxygen atoms in total. The summed E-state index contributed by atoms with van der Waals surface area (Å²) in [5.74, 6) is 1.05. The third-order valence-electron chi connectivity index (χ3n) is 4.47. The van der Waals surface area contributed by atoms with Crippen molar-refractivity contribution in [2.75, 3.05) is 0 Å². The molecule has 0 aliphatic heterocycles. The van der Waals surface area contributed by atoms with Gasteiger partial charge in [-0.3, -0.25) is 0 Å². The predicted molar refractivity (Wildman–Crippen MR) is 49.1 cm³/mol. The number of carbonyl (C=O) groups is 1. The first-order valence-electron chi connectivity index (χ1n) is 4.61. The Morgan fingerprint density at radius 1 is 1.42 bits per heavy atom. The molecule has 2 saturated carbocycles. The molecule has 0 saturated heterocycles. The van der Waals surface area contributed by atoms with Crippen molar-refractivity contribution in [3.05, 3.63) is 0 Å². The standard InChI is InChI=1S/C10H15OSe/c1-9(2)6-4-5-10(9,3)8(11)7(6)12/h6-7H,4-5H2,1-3H3. The van der Waals surface area contributed by atoms with Crippen LogP contribution in [0.25, 0.3) is 0 Å². The summed E-state index contributed by atoms with van der Waals surface area (Å²) in [4.78, 5) is 12.1. The molecule has 67 valence electrons. The van der Waals surface area contributed by atoms with Gasteiger partial charge in [0.1, 0.15) is 0 Å². The molecule has 0 amide bonds. The first kappa shape index (κ1) is 8.77. The van der Waals surface area contributed by atoms with E-state index < -0.39 is 0 Å². The van der Waals surface area contributed by atoms with Crippen LogP contribution in [0.5, 0.6) is 0 Å². The van der Waals surface area contributed by atoms with Gasteiger partial charge in [0.2, 0.25) is 0 Å². The van der Waals surface area contributed by atoms with E-state index in [1.165, 1.54) is 6.42 Å². The van der Waals surface area contributed by atoms with Crippen molar-refractivity contribution in [1.82, 2.24) is 0 Å². The van der Waals surface area contributed by atoms with Crippen LogP contribution in [-0.2, 0) is 4.79 Å². The van der Waals surface area contributed by atoms with Crippen LogP contribution in [0.4, 0.5) is 0 Å². The van der Waals surface area contributed by atoms with Crippen LogP contribution < -0.4 is 0 Å². The van der Waals surface area contributed by atoms with Crippen molar-refractivity contribution in [2.24, 2.45) is 16.7 Å². The van der Waals surface area contributed by atoms with Crippen molar-refractivity contribution in [3.63, 3.8) is 0 Å². The van der Waals surface area contributed by atoms with Gasteiger partial charge in [-0.2, -0.15) is 0 Å².